The summed E-state index contributed by atoms with van der Waals surface area (Å²) in [6.45, 7) is 0. The minimum atomic E-state index is -0.522. The monoisotopic (exact) mass is 232 g/mol. The summed E-state index contributed by atoms with van der Waals surface area (Å²) >= 11 is 0. The molecule has 0 atom stereocenters. The number of carbonyl (C=O) groups excluding carboxylic acids is 2. The second kappa shape index (κ2) is 3.90. The quantitative estimate of drug-likeness (QED) is 0.553. The maximum atomic E-state index is 10.5. The lowest BCUT2D eigenvalue weighted by Gasteiger charge is -2.57. The Hall–Kier alpha value is -1.24. The van der Waals surface area contributed by atoms with E-state index in [-0.39, 0.29) is 5.41 Å². The minimum Gasteiger partial charge on any atom is -0.211 e. The van der Waals surface area contributed by atoms with Gasteiger partial charge in [-0.15, -0.1) is 0 Å². The second-order valence-electron chi connectivity index (χ2n) is 6.09. The summed E-state index contributed by atoms with van der Waals surface area (Å²) in [4.78, 5) is 28.5. The number of rotatable bonds is 3. The SMILES string of the molecule is O=C=NC(N=C=O)C12CC3CC(CC(C3)C1)C2. The van der Waals surface area contributed by atoms with E-state index in [1.807, 2.05) is 0 Å². The molecule has 0 amide bonds. The van der Waals surface area contributed by atoms with Crippen LogP contribution in [0.25, 0.3) is 0 Å². The predicted octanol–water partition coefficient (Wildman–Crippen LogP) is 2.20. The first-order valence-electron chi connectivity index (χ1n) is 6.40. The van der Waals surface area contributed by atoms with Crippen LogP contribution in [0.1, 0.15) is 38.5 Å². The summed E-state index contributed by atoms with van der Waals surface area (Å²) in [7, 11) is 0. The zero-order chi connectivity index (χ0) is 11.9. The summed E-state index contributed by atoms with van der Waals surface area (Å²) in [6, 6.07) is 0. The molecule has 0 heterocycles. The average Bonchev–Trinajstić information content (AvgIpc) is 2.27. The van der Waals surface area contributed by atoms with E-state index in [4.69, 9.17) is 0 Å². The van der Waals surface area contributed by atoms with Crippen molar-refractivity contribution in [1.82, 2.24) is 0 Å². The molecule has 0 aliphatic heterocycles. The molecule has 0 saturated heterocycles. The van der Waals surface area contributed by atoms with E-state index in [9.17, 15) is 9.59 Å². The number of aliphatic imine (C=N–C) groups is 2. The highest BCUT2D eigenvalue weighted by Gasteiger charge is 2.54. The largest absolute Gasteiger partial charge is 0.237 e. The van der Waals surface area contributed by atoms with Crippen molar-refractivity contribution in [3.05, 3.63) is 0 Å². The first kappa shape index (κ1) is 10.9. The van der Waals surface area contributed by atoms with Crippen LogP contribution in [0, 0.1) is 23.2 Å². The molecule has 0 N–H and O–H groups in total. The van der Waals surface area contributed by atoms with Gasteiger partial charge in [-0.25, -0.2) is 9.59 Å². The van der Waals surface area contributed by atoms with Gasteiger partial charge < -0.3 is 0 Å². The lowest BCUT2D eigenvalue weighted by atomic mass is 9.49. The molecule has 0 aromatic heterocycles. The van der Waals surface area contributed by atoms with Gasteiger partial charge in [0.25, 0.3) is 0 Å². The Balaban J connectivity index is 1.94. The topological polar surface area (TPSA) is 58.9 Å². The molecule has 0 spiro atoms. The molecular formula is C13H16N2O2. The maximum absolute atomic E-state index is 10.5. The Bertz CT molecular complexity index is 366. The molecular weight excluding hydrogens is 216 g/mol. The van der Waals surface area contributed by atoms with Crippen LogP contribution < -0.4 is 0 Å². The van der Waals surface area contributed by atoms with Crippen LogP contribution in [0.5, 0.6) is 0 Å². The van der Waals surface area contributed by atoms with E-state index in [1.54, 1.807) is 12.2 Å². The van der Waals surface area contributed by atoms with Crippen molar-refractivity contribution in [2.24, 2.45) is 33.2 Å². The third-order valence-electron chi connectivity index (χ3n) is 4.98. The van der Waals surface area contributed by atoms with Crippen molar-refractivity contribution in [3.63, 3.8) is 0 Å². The highest BCUT2D eigenvalue weighted by molar-refractivity contribution is 5.38. The molecule has 4 aliphatic carbocycles. The average molecular weight is 232 g/mol. The molecule has 4 aliphatic rings. The Morgan fingerprint density at radius 3 is 1.65 bits per heavy atom. The Kier molecular flexibility index (Phi) is 2.50. The van der Waals surface area contributed by atoms with Crippen molar-refractivity contribution >= 4 is 12.2 Å². The van der Waals surface area contributed by atoms with Crippen LogP contribution in [-0.2, 0) is 9.59 Å². The van der Waals surface area contributed by atoms with Gasteiger partial charge in [-0.3, -0.25) is 0 Å². The van der Waals surface area contributed by atoms with Gasteiger partial charge in [-0.05, 0) is 56.3 Å². The maximum Gasteiger partial charge on any atom is 0.237 e. The molecule has 17 heavy (non-hydrogen) atoms. The van der Waals surface area contributed by atoms with Gasteiger partial charge in [0.05, 0.1) is 0 Å². The molecule has 4 bridgehead atoms. The lowest BCUT2D eigenvalue weighted by Crippen LogP contribution is -2.50. The van der Waals surface area contributed by atoms with E-state index in [2.05, 4.69) is 9.98 Å². The second-order valence-corrected chi connectivity index (χ2v) is 6.09. The van der Waals surface area contributed by atoms with Gasteiger partial charge >= 0.3 is 0 Å². The summed E-state index contributed by atoms with van der Waals surface area (Å²) in [5, 5.41) is 0. The van der Waals surface area contributed by atoms with Crippen molar-refractivity contribution in [2.45, 2.75) is 44.7 Å². The van der Waals surface area contributed by atoms with Crippen LogP contribution in [0.15, 0.2) is 9.98 Å². The van der Waals surface area contributed by atoms with Crippen LogP contribution in [-0.4, -0.2) is 18.3 Å². The molecule has 0 aromatic rings. The van der Waals surface area contributed by atoms with Crippen molar-refractivity contribution in [2.75, 3.05) is 0 Å². The fourth-order valence-electron chi connectivity index (χ4n) is 4.90. The highest BCUT2D eigenvalue weighted by atomic mass is 16.1. The first-order valence-corrected chi connectivity index (χ1v) is 6.40. The molecule has 4 nitrogen and oxygen atoms in total. The van der Waals surface area contributed by atoms with E-state index >= 15 is 0 Å². The molecule has 0 aromatic carbocycles. The molecule has 4 saturated carbocycles. The van der Waals surface area contributed by atoms with Gasteiger partial charge in [0.1, 0.15) is 0 Å². The zero-order valence-electron chi connectivity index (χ0n) is 9.76. The van der Waals surface area contributed by atoms with Crippen LogP contribution in [0.4, 0.5) is 0 Å². The minimum absolute atomic E-state index is 0.0381. The molecule has 0 radical (unpaired) electrons. The smallest absolute Gasteiger partial charge is 0.211 e. The van der Waals surface area contributed by atoms with E-state index in [1.165, 1.54) is 19.3 Å². The van der Waals surface area contributed by atoms with E-state index in [0.29, 0.717) is 0 Å². The van der Waals surface area contributed by atoms with Crippen LogP contribution in [0.2, 0.25) is 0 Å². The lowest BCUT2D eigenvalue weighted by molar-refractivity contribution is -0.0648. The number of isocyanates is 2. The summed E-state index contributed by atoms with van der Waals surface area (Å²) in [5.41, 5.74) is -0.0381. The fraction of sp³-hybridized carbons (Fsp3) is 0.846. The molecule has 90 valence electrons. The number of hydrogen-bond donors (Lipinski definition) is 0. The zero-order valence-corrected chi connectivity index (χ0v) is 9.76. The van der Waals surface area contributed by atoms with E-state index < -0.39 is 6.17 Å². The van der Waals surface area contributed by atoms with Gasteiger partial charge in [0.15, 0.2) is 6.17 Å². The normalized spacial score (nSPS) is 43.6. The van der Waals surface area contributed by atoms with Crippen LogP contribution in [0.3, 0.4) is 0 Å². The molecule has 4 rings (SSSR count). The van der Waals surface area contributed by atoms with Crippen molar-refractivity contribution < 1.29 is 9.59 Å². The molecule has 0 unspecified atom stereocenters. The summed E-state index contributed by atoms with van der Waals surface area (Å²) in [6.07, 6.45) is 9.81. The highest BCUT2D eigenvalue weighted by Crippen LogP contribution is 2.61. The van der Waals surface area contributed by atoms with Gasteiger partial charge in [-0.2, -0.15) is 9.98 Å². The third kappa shape index (κ3) is 1.69. The summed E-state index contributed by atoms with van der Waals surface area (Å²) < 4.78 is 0. The Morgan fingerprint density at radius 1 is 0.882 bits per heavy atom. The van der Waals surface area contributed by atoms with Gasteiger partial charge in [0, 0.05) is 5.41 Å². The standard InChI is InChI=1S/C13H16N2O2/c16-7-14-12(15-8-17)13-4-9-1-10(5-13)3-11(2-9)6-13/h9-12H,1-6H2. The van der Waals surface area contributed by atoms with Crippen molar-refractivity contribution in [1.29, 1.82) is 0 Å². The van der Waals surface area contributed by atoms with Gasteiger partial charge in [0.2, 0.25) is 12.2 Å². The van der Waals surface area contributed by atoms with Gasteiger partial charge in [-0.1, -0.05) is 0 Å². The molecule has 4 heteroatoms. The summed E-state index contributed by atoms with van der Waals surface area (Å²) in [5.74, 6) is 2.27. The van der Waals surface area contributed by atoms with E-state index in [0.717, 1.165) is 37.0 Å². The fourth-order valence-corrected chi connectivity index (χ4v) is 4.90. The Labute approximate surface area is 100 Å². The molecule has 4 fully saturated rings. The predicted molar refractivity (Wildman–Crippen MR) is 60.6 cm³/mol. The third-order valence-corrected chi connectivity index (χ3v) is 4.98. The number of nitrogens with zero attached hydrogens (tertiary/aromatic N) is 2. The van der Waals surface area contributed by atoms with Crippen LogP contribution >= 0.6 is 0 Å². The Morgan fingerprint density at radius 2 is 1.29 bits per heavy atom. The van der Waals surface area contributed by atoms with Crippen molar-refractivity contribution in [3.8, 4) is 0 Å². The first-order chi connectivity index (χ1) is 8.25. The number of hydrogen-bond acceptors (Lipinski definition) is 4.